The second kappa shape index (κ2) is 12.6. The summed E-state index contributed by atoms with van der Waals surface area (Å²) in [4.78, 5) is 39.0. The third-order valence-electron chi connectivity index (χ3n) is 7.71. The lowest BCUT2D eigenvalue weighted by molar-refractivity contribution is -0.133. The van der Waals surface area contributed by atoms with Crippen LogP contribution in [0.5, 0.6) is 17.4 Å². The zero-order valence-corrected chi connectivity index (χ0v) is 25.0. The minimum absolute atomic E-state index is 0.0315. The molecule has 5 aromatic rings. The summed E-state index contributed by atoms with van der Waals surface area (Å²) in [5.74, 6) is -0.782. The van der Waals surface area contributed by atoms with Crippen molar-refractivity contribution >= 4 is 38.4 Å². The molecule has 3 heterocycles. The van der Waals surface area contributed by atoms with Crippen LogP contribution >= 0.6 is 15.9 Å². The molecule has 1 saturated carbocycles. The lowest BCUT2D eigenvalue weighted by Gasteiger charge is -2.14. The monoisotopic (exact) mass is 657 g/mol. The third kappa shape index (κ3) is 6.35. The number of rotatable bonds is 12. The molecule has 1 fully saturated rings. The van der Waals surface area contributed by atoms with E-state index in [1.807, 2.05) is 12.1 Å². The molecule has 7 nitrogen and oxygen atoms in total. The summed E-state index contributed by atoms with van der Waals surface area (Å²) in [5, 5.41) is 0.551. The van der Waals surface area contributed by atoms with E-state index in [0.717, 1.165) is 5.56 Å². The molecule has 44 heavy (non-hydrogen) atoms. The average Bonchev–Trinajstić information content (AvgIpc) is 3.84. The van der Waals surface area contributed by atoms with Gasteiger partial charge in [0.05, 0.1) is 22.9 Å². The van der Waals surface area contributed by atoms with Gasteiger partial charge in [-0.3, -0.25) is 19.6 Å². The number of ketones is 2. The van der Waals surface area contributed by atoms with Gasteiger partial charge in [0.2, 0.25) is 5.88 Å². The van der Waals surface area contributed by atoms with E-state index in [9.17, 15) is 14.0 Å². The number of nitrogens with zero attached hydrogens (tertiary/aromatic N) is 3. The minimum Gasteiger partial charge on any atom is -0.476 e. The van der Waals surface area contributed by atoms with Crippen molar-refractivity contribution in [3.8, 4) is 17.4 Å². The van der Waals surface area contributed by atoms with Crippen LogP contribution in [0, 0.1) is 17.0 Å². The van der Waals surface area contributed by atoms with E-state index < -0.39 is 11.2 Å². The summed E-state index contributed by atoms with van der Waals surface area (Å²) in [5.41, 5.74) is 1.67. The van der Waals surface area contributed by atoms with Crippen LogP contribution in [0.25, 0.3) is 10.9 Å². The first kappa shape index (κ1) is 29.5. The van der Waals surface area contributed by atoms with Gasteiger partial charge in [0.15, 0.2) is 23.1 Å². The van der Waals surface area contributed by atoms with Crippen molar-refractivity contribution in [3.63, 3.8) is 0 Å². The van der Waals surface area contributed by atoms with Gasteiger partial charge < -0.3 is 9.47 Å². The number of ether oxygens (including phenoxy) is 2. The standard InChI is InChI=1S/C34H26BrF2N3O4/c35-31-32-25(20-40-33(31)43-16-10-21-7-13-38-14-8-21)27(9-15-39-32)44-28-6-3-23(17-26(28)37)19-30(42)34(11-12-34)29(41)18-22-1-4-24(36)5-2-22/h1-9,13-15,17,20H,10-12,16,18-19H2. The summed E-state index contributed by atoms with van der Waals surface area (Å²) in [7, 11) is 0. The molecule has 0 aliphatic heterocycles. The molecule has 0 spiro atoms. The van der Waals surface area contributed by atoms with Crippen LogP contribution in [0.2, 0.25) is 0 Å². The number of benzene rings is 2. The zero-order valence-electron chi connectivity index (χ0n) is 23.4. The number of hydrogen-bond donors (Lipinski definition) is 0. The number of aromatic nitrogens is 3. The topological polar surface area (TPSA) is 91.3 Å². The van der Waals surface area contributed by atoms with E-state index in [-0.39, 0.29) is 36.0 Å². The summed E-state index contributed by atoms with van der Waals surface area (Å²) in [6, 6.07) is 15.4. The molecule has 0 atom stereocenters. The Labute approximate surface area is 260 Å². The van der Waals surface area contributed by atoms with Gasteiger partial charge in [-0.25, -0.2) is 13.8 Å². The molecular formula is C34H26BrF2N3O4. The van der Waals surface area contributed by atoms with E-state index in [1.54, 1.807) is 49.1 Å². The summed E-state index contributed by atoms with van der Waals surface area (Å²) < 4.78 is 40.8. The van der Waals surface area contributed by atoms with Crippen molar-refractivity contribution in [3.05, 3.63) is 118 Å². The maximum absolute atomic E-state index is 15.2. The number of fused-ring (bicyclic) bond motifs is 1. The van der Waals surface area contributed by atoms with Gasteiger partial charge in [-0.05, 0) is 87.9 Å². The second-order valence-electron chi connectivity index (χ2n) is 10.7. The highest BCUT2D eigenvalue weighted by Crippen LogP contribution is 2.49. The van der Waals surface area contributed by atoms with E-state index in [4.69, 9.17) is 9.47 Å². The van der Waals surface area contributed by atoms with Crippen molar-refractivity contribution in [2.45, 2.75) is 32.1 Å². The third-order valence-corrected chi connectivity index (χ3v) is 8.43. The van der Waals surface area contributed by atoms with Gasteiger partial charge in [-0.2, -0.15) is 0 Å². The molecule has 0 saturated heterocycles. The Kier molecular flexibility index (Phi) is 8.43. The van der Waals surface area contributed by atoms with Gasteiger partial charge in [0, 0.05) is 44.0 Å². The van der Waals surface area contributed by atoms with Crippen LogP contribution in [0.4, 0.5) is 8.78 Å². The molecular weight excluding hydrogens is 632 g/mol. The number of Topliss-reactive ketones (excluding diaryl/α,β-unsaturated/α-hetero) is 2. The maximum atomic E-state index is 15.2. The van der Waals surface area contributed by atoms with Crippen LogP contribution in [0.15, 0.2) is 89.9 Å². The average molecular weight is 658 g/mol. The highest BCUT2D eigenvalue weighted by Gasteiger charge is 2.54. The van der Waals surface area contributed by atoms with Crippen molar-refractivity contribution < 1.29 is 27.8 Å². The van der Waals surface area contributed by atoms with Crippen molar-refractivity contribution in [2.75, 3.05) is 6.61 Å². The van der Waals surface area contributed by atoms with E-state index in [1.165, 1.54) is 24.3 Å². The lowest BCUT2D eigenvalue weighted by Crippen LogP contribution is -2.28. The largest absolute Gasteiger partial charge is 0.476 e. The molecule has 0 bridgehead atoms. The molecule has 6 rings (SSSR count). The normalized spacial score (nSPS) is 13.4. The molecule has 0 radical (unpaired) electrons. The predicted octanol–water partition coefficient (Wildman–Crippen LogP) is 7.18. The predicted molar refractivity (Wildman–Crippen MR) is 163 cm³/mol. The van der Waals surface area contributed by atoms with Crippen LogP contribution < -0.4 is 9.47 Å². The maximum Gasteiger partial charge on any atom is 0.230 e. The number of pyridine rings is 3. The molecule has 222 valence electrons. The smallest absolute Gasteiger partial charge is 0.230 e. The van der Waals surface area contributed by atoms with E-state index >= 15 is 4.39 Å². The molecule has 0 unspecified atom stereocenters. The Morgan fingerprint density at radius 2 is 1.52 bits per heavy atom. The molecule has 0 N–H and O–H groups in total. The van der Waals surface area contributed by atoms with Gasteiger partial charge >= 0.3 is 0 Å². The Morgan fingerprint density at radius 3 is 2.23 bits per heavy atom. The van der Waals surface area contributed by atoms with Gasteiger partial charge in [-0.15, -0.1) is 0 Å². The van der Waals surface area contributed by atoms with Gasteiger partial charge in [-0.1, -0.05) is 18.2 Å². The zero-order chi connectivity index (χ0) is 30.7. The molecule has 1 aliphatic carbocycles. The fourth-order valence-electron chi connectivity index (χ4n) is 5.05. The lowest BCUT2D eigenvalue weighted by atomic mass is 9.88. The Bertz CT molecular complexity index is 1850. The Balaban J connectivity index is 1.12. The quantitative estimate of drug-likeness (QED) is 0.131. The van der Waals surface area contributed by atoms with Crippen molar-refractivity contribution in [2.24, 2.45) is 5.41 Å². The van der Waals surface area contributed by atoms with Crippen LogP contribution in [-0.2, 0) is 28.9 Å². The van der Waals surface area contributed by atoms with E-state index in [2.05, 4.69) is 30.9 Å². The first-order chi connectivity index (χ1) is 21.3. The first-order valence-electron chi connectivity index (χ1n) is 14.0. The molecule has 1 aliphatic rings. The summed E-state index contributed by atoms with van der Waals surface area (Å²) in [6.07, 6.45) is 8.15. The SMILES string of the molecule is O=C(Cc1ccc(F)cc1)C1(C(=O)Cc2ccc(Oc3ccnc4c(Br)c(OCCc5ccncc5)ncc34)c(F)c2)CC1. The minimum atomic E-state index is -1.06. The molecule has 2 aromatic carbocycles. The number of carbonyl (C=O) groups excluding carboxylic acids is 2. The van der Waals surface area contributed by atoms with Crippen molar-refractivity contribution in [1.29, 1.82) is 0 Å². The Morgan fingerprint density at radius 1 is 0.818 bits per heavy atom. The molecule has 10 heteroatoms. The fourth-order valence-corrected chi connectivity index (χ4v) is 5.58. The first-order valence-corrected chi connectivity index (χ1v) is 14.8. The van der Waals surface area contributed by atoms with Crippen LogP contribution in [-0.4, -0.2) is 33.1 Å². The molecule has 0 amide bonds. The van der Waals surface area contributed by atoms with Crippen molar-refractivity contribution in [1.82, 2.24) is 15.0 Å². The number of halogens is 3. The number of carbonyl (C=O) groups is 2. The number of hydrogen-bond acceptors (Lipinski definition) is 7. The van der Waals surface area contributed by atoms with Gasteiger partial charge in [0.1, 0.15) is 16.0 Å². The summed E-state index contributed by atoms with van der Waals surface area (Å²) in [6.45, 7) is 0.404. The fraction of sp³-hybridized carbons (Fsp3) is 0.206. The molecule has 3 aromatic heterocycles. The Hall–Kier alpha value is -4.57. The van der Waals surface area contributed by atoms with Crippen LogP contribution in [0.3, 0.4) is 0 Å². The van der Waals surface area contributed by atoms with Gasteiger partial charge in [0.25, 0.3) is 0 Å². The second-order valence-corrected chi connectivity index (χ2v) is 11.5. The van der Waals surface area contributed by atoms with E-state index in [0.29, 0.717) is 64.0 Å². The van der Waals surface area contributed by atoms with Crippen LogP contribution in [0.1, 0.15) is 29.5 Å². The highest BCUT2D eigenvalue weighted by molar-refractivity contribution is 9.10. The summed E-state index contributed by atoms with van der Waals surface area (Å²) >= 11 is 3.53. The highest BCUT2D eigenvalue weighted by atomic mass is 79.9.